The van der Waals surface area contributed by atoms with E-state index in [9.17, 15) is 4.79 Å². The second-order valence-corrected chi connectivity index (χ2v) is 11.4. The van der Waals surface area contributed by atoms with E-state index >= 15 is 0 Å². The third kappa shape index (κ3) is 29.6. The summed E-state index contributed by atoms with van der Waals surface area (Å²) in [4.78, 5) is 11.7. The van der Waals surface area contributed by atoms with Crippen molar-refractivity contribution in [1.82, 2.24) is 0 Å². The summed E-state index contributed by atoms with van der Waals surface area (Å²) < 4.78 is 44.0. The number of hydrogen-bond donors (Lipinski definition) is 0. The van der Waals surface area contributed by atoms with Gasteiger partial charge in [0.1, 0.15) is 19.0 Å². The van der Waals surface area contributed by atoms with Crippen LogP contribution in [0, 0.1) is 0 Å². The van der Waals surface area contributed by atoms with Crippen molar-refractivity contribution >= 4 is 5.97 Å². The molecule has 0 aliphatic rings. The van der Waals surface area contributed by atoms with Gasteiger partial charge in [-0.2, -0.15) is 0 Å². The highest BCUT2D eigenvalue weighted by molar-refractivity contribution is 5.69. The minimum atomic E-state index is -0.137. The zero-order valence-electron chi connectivity index (χ0n) is 29.3. The van der Waals surface area contributed by atoms with Crippen molar-refractivity contribution in [3.8, 4) is 5.75 Å². The lowest BCUT2D eigenvalue weighted by atomic mass is 10.0. The van der Waals surface area contributed by atoms with E-state index in [0.717, 1.165) is 25.0 Å². The second-order valence-electron chi connectivity index (χ2n) is 11.4. The van der Waals surface area contributed by atoms with Crippen molar-refractivity contribution in [2.75, 3.05) is 92.5 Å². The number of benzene rings is 1. The Morgan fingerprint density at radius 2 is 0.848 bits per heavy atom. The van der Waals surface area contributed by atoms with Crippen LogP contribution in [-0.2, 0) is 44.4 Å². The third-order valence-corrected chi connectivity index (χ3v) is 7.32. The molecule has 46 heavy (non-hydrogen) atoms. The van der Waals surface area contributed by atoms with E-state index in [1.165, 1.54) is 69.8 Å². The molecular formula is C37H66O9. The predicted molar refractivity (Wildman–Crippen MR) is 183 cm³/mol. The SMILES string of the molecule is CCCCCCCCC(=O)OCCOCCOCCOCCOCCOCCOCCOc1ccc(CCCCCCCC)cc1. The first-order chi connectivity index (χ1) is 22.8. The van der Waals surface area contributed by atoms with E-state index in [0.29, 0.717) is 98.9 Å². The zero-order valence-corrected chi connectivity index (χ0v) is 29.3. The molecule has 0 N–H and O–H groups in total. The number of carbonyl (C=O) groups excluding carboxylic acids is 1. The van der Waals surface area contributed by atoms with Crippen molar-refractivity contribution in [1.29, 1.82) is 0 Å². The quantitative estimate of drug-likeness (QED) is 0.0544. The summed E-state index contributed by atoms with van der Waals surface area (Å²) in [5.74, 6) is 0.748. The van der Waals surface area contributed by atoms with Gasteiger partial charge in [0.2, 0.25) is 0 Å². The van der Waals surface area contributed by atoms with E-state index in [4.69, 9.17) is 37.9 Å². The summed E-state index contributed by atoms with van der Waals surface area (Å²) >= 11 is 0. The molecular weight excluding hydrogens is 588 g/mol. The Morgan fingerprint density at radius 3 is 1.33 bits per heavy atom. The maximum atomic E-state index is 11.7. The van der Waals surface area contributed by atoms with Crippen molar-refractivity contribution in [2.45, 2.75) is 104 Å². The fourth-order valence-corrected chi connectivity index (χ4v) is 4.62. The minimum Gasteiger partial charge on any atom is -0.491 e. The van der Waals surface area contributed by atoms with Crippen LogP contribution in [-0.4, -0.2) is 98.5 Å². The van der Waals surface area contributed by atoms with Gasteiger partial charge in [-0.3, -0.25) is 4.79 Å². The van der Waals surface area contributed by atoms with E-state index in [1.54, 1.807) is 0 Å². The zero-order chi connectivity index (χ0) is 33.0. The Labute approximate surface area is 280 Å². The van der Waals surface area contributed by atoms with Crippen molar-refractivity contribution in [3.63, 3.8) is 0 Å². The van der Waals surface area contributed by atoms with Crippen LogP contribution in [0.4, 0.5) is 0 Å². The van der Waals surface area contributed by atoms with Crippen LogP contribution in [0.2, 0.25) is 0 Å². The molecule has 0 aromatic heterocycles. The van der Waals surface area contributed by atoms with E-state index in [1.807, 2.05) is 12.1 Å². The minimum absolute atomic E-state index is 0.137. The van der Waals surface area contributed by atoms with Crippen LogP contribution in [0.5, 0.6) is 5.75 Å². The molecule has 0 unspecified atom stereocenters. The Hall–Kier alpha value is -1.75. The number of rotatable bonds is 36. The van der Waals surface area contributed by atoms with Gasteiger partial charge in [-0.25, -0.2) is 0 Å². The molecule has 9 heteroatoms. The average Bonchev–Trinajstić information content (AvgIpc) is 3.07. The van der Waals surface area contributed by atoms with Crippen LogP contribution >= 0.6 is 0 Å². The number of esters is 1. The van der Waals surface area contributed by atoms with Gasteiger partial charge in [0.25, 0.3) is 0 Å². The van der Waals surface area contributed by atoms with Gasteiger partial charge in [-0.05, 0) is 37.0 Å². The Balaban J connectivity index is 1.73. The molecule has 0 heterocycles. The smallest absolute Gasteiger partial charge is 0.305 e. The van der Waals surface area contributed by atoms with Gasteiger partial charge in [0, 0.05) is 6.42 Å². The molecule has 1 aromatic carbocycles. The van der Waals surface area contributed by atoms with Crippen molar-refractivity contribution in [2.24, 2.45) is 0 Å². The molecule has 0 saturated heterocycles. The number of carbonyl (C=O) groups is 1. The number of hydrogen-bond acceptors (Lipinski definition) is 9. The lowest BCUT2D eigenvalue weighted by Gasteiger charge is -2.09. The van der Waals surface area contributed by atoms with Crippen molar-refractivity contribution < 1.29 is 42.7 Å². The van der Waals surface area contributed by atoms with Gasteiger partial charge >= 0.3 is 5.97 Å². The second kappa shape index (κ2) is 34.6. The summed E-state index contributed by atoms with van der Waals surface area (Å²) in [5.41, 5.74) is 1.38. The molecule has 0 saturated carbocycles. The molecule has 1 aromatic rings. The van der Waals surface area contributed by atoms with Crippen LogP contribution < -0.4 is 4.74 Å². The highest BCUT2D eigenvalue weighted by atomic mass is 16.6. The van der Waals surface area contributed by atoms with Crippen LogP contribution in [0.25, 0.3) is 0 Å². The lowest BCUT2D eigenvalue weighted by Crippen LogP contribution is -2.15. The standard InChI is InChI=1S/C37H66O9/c1-3-5-7-9-11-13-15-35-17-19-36(20-18-35)45-33-31-43-29-27-41-25-23-39-21-22-40-24-26-42-28-30-44-32-34-46-37(38)16-14-12-10-8-6-4-2/h17-20H,3-16,21-34H2,1-2H3. The number of ether oxygens (including phenoxy) is 8. The van der Waals surface area contributed by atoms with E-state index in [2.05, 4.69) is 26.0 Å². The molecule has 0 spiro atoms. The number of aryl methyl sites for hydroxylation is 1. The fraction of sp³-hybridized carbons (Fsp3) is 0.811. The summed E-state index contributed by atoms with van der Waals surface area (Å²) in [6.07, 6.45) is 16.6. The molecule has 268 valence electrons. The maximum Gasteiger partial charge on any atom is 0.305 e. The molecule has 9 nitrogen and oxygen atoms in total. The van der Waals surface area contributed by atoms with Gasteiger partial charge in [-0.1, -0.05) is 90.2 Å². The van der Waals surface area contributed by atoms with Crippen LogP contribution in [0.15, 0.2) is 24.3 Å². The monoisotopic (exact) mass is 654 g/mol. The fourth-order valence-electron chi connectivity index (χ4n) is 4.62. The molecule has 0 aliphatic heterocycles. The van der Waals surface area contributed by atoms with Gasteiger partial charge in [-0.15, -0.1) is 0 Å². The summed E-state index contributed by atoms with van der Waals surface area (Å²) in [6, 6.07) is 8.43. The molecule has 0 bridgehead atoms. The summed E-state index contributed by atoms with van der Waals surface area (Å²) in [6.45, 7) is 11.2. The highest BCUT2D eigenvalue weighted by Gasteiger charge is 2.03. The van der Waals surface area contributed by atoms with Crippen LogP contribution in [0.3, 0.4) is 0 Å². The maximum absolute atomic E-state index is 11.7. The predicted octanol–water partition coefficient (Wildman–Crippen LogP) is 7.36. The normalized spacial score (nSPS) is 11.3. The van der Waals surface area contributed by atoms with Crippen molar-refractivity contribution in [3.05, 3.63) is 29.8 Å². The molecule has 0 atom stereocenters. The first-order valence-electron chi connectivity index (χ1n) is 18.1. The molecule has 1 rings (SSSR count). The van der Waals surface area contributed by atoms with Crippen LogP contribution in [0.1, 0.15) is 103 Å². The largest absolute Gasteiger partial charge is 0.491 e. The first-order valence-corrected chi connectivity index (χ1v) is 18.1. The first kappa shape index (κ1) is 42.3. The van der Waals surface area contributed by atoms with Gasteiger partial charge in [0.05, 0.1) is 79.3 Å². The lowest BCUT2D eigenvalue weighted by molar-refractivity contribution is -0.145. The highest BCUT2D eigenvalue weighted by Crippen LogP contribution is 2.15. The number of unbranched alkanes of at least 4 members (excludes halogenated alkanes) is 10. The van der Waals surface area contributed by atoms with E-state index < -0.39 is 0 Å². The molecule has 0 radical (unpaired) electrons. The Kier molecular flexibility index (Phi) is 31.8. The average molecular weight is 655 g/mol. The summed E-state index contributed by atoms with van der Waals surface area (Å²) in [5, 5.41) is 0. The Bertz CT molecular complexity index is 760. The summed E-state index contributed by atoms with van der Waals surface area (Å²) in [7, 11) is 0. The topological polar surface area (TPSA) is 90.9 Å². The third-order valence-electron chi connectivity index (χ3n) is 7.32. The van der Waals surface area contributed by atoms with Gasteiger partial charge < -0.3 is 37.9 Å². The van der Waals surface area contributed by atoms with Gasteiger partial charge in [0.15, 0.2) is 0 Å². The molecule has 0 amide bonds. The molecule has 0 aliphatic carbocycles. The Morgan fingerprint density at radius 1 is 0.457 bits per heavy atom. The molecule has 0 fully saturated rings. The van der Waals surface area contributed by atoms with E-state index in [-0.39, 0.29) is 5.97 Å².